The van der Waals surface area contributed by atoms with Crippen LogP contribution in [0, 0.1) is 0 Å². The van der Waals surface area contributed by atoms with E-state index >= 15 is 0 Å². The van der Waals surface area contributed by atoms with Crippen molar-refractivity contribution in [2.75, 3.05) is 27.9 Å². The van der Waals surface area contributed by atoms with Crippen LogP contribution in [0.15, 0.2) is 36.4 Å². The number of ether oxygens (including phenoxy) is 4. The van der Waals surface area contributed by atoms with Gasteiger partial charge in [-0.2, -0.15) is 0 Å². The molecule has 0 saturated carbocycles. The van der Waals surface area contributed by atoms with Crippen LogP contribution in [-0.4, -0.2) is 33.8 Å². The summed E-state index contributed by atoms with van der Waals surface area (Å²) >= 11 is 0. The summed E-state index contributed by atoms with van der Waals surface area (Å²) in [6.45, 7) is 4.37. The summed E-state index contributed by atoms with van der Waals surface area (Å²) in [5.74, 6) is 1.97. The van der Waals surface area contributed by atoms with E-state index in [4.69, 9.17) is 18.9 Å². The minimum atomic E-state index is -0.249. The summed E-state index contributed by atoms with van der Waals surface area (Å²) in [5.41, 5.74) is 1.32. The Kier molecular flexibility index (Phi) is 6.72. The maximum absolute atomic E-state index is 12.7. The van der Waals surface area contributed by atoms with E-state index in [1.165, 1.54) is 14.2 Å². The van der Waals surface area contributed by atoms with E-state index in [2.05, 4.69) is 5.32 Å². The first kappa shape index (κ1) is 19.4. The van der Waals surface area contributed by atoms with Crippen molar-refractivity contribution < 1.29 is 23.7 Å². The SMILES string of the molecule is CCOc1ccc(C(C)NC(=O)c2cccc(OC)c2OC)cc1OC. The minimum Gasteiger partial charge on any atom is -0.493 e. The van der Waals surface area contributed by atoms with Crippen molar-refractivity contribution in [3.8, 4) is 23.0 Å². The van der Waals surface area contributed by atoms with E-state index < -0.39 is 0 Å². The summed E-state index contributed by atoms with van der Waals surface area (Å²) in [4.78, 5) is 12.7. The molecule has 140 valence electrons. The molecule has 26 heavy (non-hydrogen) atoms. The van der Waals surface area contributed by atoms with Crippen molar-refractivity contribution in [1.29, 1.82) is 0 Å². The van der Waals surface area contributed by atoms with Crippen molar-refractivity contribution in [2.24, 2.45) is 0 Å². The zero-order chi connectivity index (χ0) is 19.1. The number of hydrogen-bond donors (Lipinski definition) is 1. The van der Waals surface area contributed by atoms with E-state index in [0.29, 0.717) is 35.2 Å². The van der Waals surface area contributed by atoms with Gasteiger partial charge in [0.05, 0.1) is 39.5 Å². The molecular formula is C20H25NO5. The Morgan fingerprint density at radius 2 is 1.73 bits per heavy atom. The van der Waals surface area contributed by atoms with Gasteiger partial charge in [-0.25, -0.2) is 0 Å². The highest BCUT2D eigenvalue weighted by molar-refractivity contribution is 5.98. The van der Waals surface area contributed by atoms with Crippen LogP contribution in [0.5, 0.6) is 23.0 Å². The lowest BCUT2D eigenvalue weighted by Gasteiger charge is -2.18. The monoisotopic (exact) mass is 359 g/mol. The van der Waals surface area contributed by atoms with E-state index in [-0.39, 0.29) is 11.9 Å². The highest BCUT2D eigenvalue weighted by Crippen LogP contribution is 2.32. The fourth-order valence-electron chi connectivity index (χ4n) is 2.65. The molecule has 0 fully saturated rings. The first-order chi connectivity index (χ1) is 12.5. The minimum absolute atomic E-state index is 0.233. The van der Waals surface area contributed by atoms with Gasteiger partial charge in [0.25, 0.3) is 5.91 Å². The van der Waals surface area contributed by atoms with Gasteiger partial charge in [-0.1, -0.05) is 12.1 Å². The molecule has 0 spiro atoms. The van der Waals surface area contributed by atoms with Crippen molar-refractivity contribution in [3.05, 3.63) is 47.5 Å². The Hall–Kier alpha value is -2.89. The number of benzene rings is 2. The third-order valence-corrected chi connectivity index (χ3v) is 3.98. The Balaban J connectivity index is 2.22. The average Bonchev–Trinajstić information content (AvgIpc) is 2.67. The highest BCUT2D eigenvalue weighted by atomic mass is 16.5. The molecule has 2 rings (SSSR count). The second kappa shape index (κ2) is 8.99. The Bertz CT molecular complexity index is 760. The molecule has 0 bridgehead atoms. The van der Waals surface area contributed by atoms with Crippen LogP contribution in [0.2, 0.25) is 0 Å². The number of amides is 1. The van der Waals surface area contributed by atoms with E-state index in [1.807, 2.05) is 32.0 Å². The Labute approximate surface area is 154 Å². The molecule has 2 aromatic rings. The van der Waals surface area contributed by atoms with Crippen LogP contribution in [0.25, 0.3) is 0 Å². The number of carbonyl (C=O) groups is 1. The molecule has 0 aliphatic rings. The number of carbonyl (C=O) groups excluding carboxylic acids is 1. The lowest BCUT2D eigenvalue weighted by molar-refractivity contribution is 0.0936. The van der Waals surface area contributed by atoms with Crippen LogP contribution < -0.4 is 24.3 Å². The van der Waals surface area contributed by atoms with Gasteiger partial charge in [0.2, 0.25) is 0 Å². The highest BCUT2D eigenvalue weighted by Gasteiger charge is 2.19. The van der Waals surface area contributed by atoms with Crippen LogP contribution in [-0.2, 0) is 0 Å². The van der Waals surface area contributed by atoms with Gasteiger partial charge in [0, 0.05) is 0 Å². The fourth-order valence-corrected chi connectivity index (χ4v) is 2.65. The van der Waals surface area contributed by atoms with Crippen molar-refractivity contribution in [2.45, 2.75) is 19.9 Å². The van der Waals surface area contributed by atoms with E-state index in [0.717, 1.165) is 5.56 Å². The maximum atomic E-state index is 12.7. The standard InChI is InChI=1S/C20H25NO5/c1-6-26-16-11-10-14(12-18(16)24-4)13(2)21-20(22)15-8-7-9-17(23-3)19(15)25-5/h7-13H,6H2,1-5H3,(H,21,22). The number of methoxy groups -OCH3 is 3. The van der Waals surface area contributed by atoms with Crippen LogP contribution in [0.3, 0.4) is 0 Å². The predicted molar refractivity (Wildman–Crippen MR) is 99.6 cm³/mol. The van der Waals surface area contributed by atoms with Crippen molar-refractivity contribution in [1.82, 2.24) is 5.32 Å². The Morgan fingerprint density at radius 3 is 2.35 bits per heavy atom. The Morgan fingerprint density at radius 1 is 1.00 bits per heavy atom. The summed E-state index contributed by atoms with van der Waals surface area (Å²) in [7, 11) is 4.63. The molecule has 1 unspecified atom stereocenters. The van der Waals surface area contributed by atoms with Gasteiger partial charge in [-0.3, -0.25) is 4.79 Å². The van der Waals surface area contributed by atoms with E-state index in [1.54, 1.807) is 25.3 Å². The molecule has 0 saturated heterocycles. The van der Waals surface area contributed by atoms with Crippen molar-refractivity contribution >= 4 is 5.91 Å². The number of para-hydroxylation sites is 1. The average molecular weight is 359 g/mol. The van der Waals surface area contributed by atoms with Gasteiger partial charge in [-0.15, -0.1) is 0 Å². The molecule has 1 N–H and O–H groups in total. The first-order valence-corrected chi connectivity index (χ1v) is 8.38. The smallest absolute Gasteiger partial charge is 0.255 e. The molecule has 6 nitrogen and oxygen atoms in total. The van der Waals surface area contributed by atoms with Gasteiger partial charge in [-0.05, 0) is 43.7 Å². The molecule has 1 atom stereocenters. The summed E-state index contributed by atoms with van der Waals surface area (Å²) in [6.07, 6.45) is 0. The van der Waals surface area contributed by atoms with E-state index in [9.17, 15) is 4.79 Å². The fraction of sp³-hybridized carbons (Fsp3) is 0.350. The molecule has 0 heterocycles. The molecule has 0 aliphatic carbocycles. The third-order valence-electron chi connectivity index (χ3n) is 3.98. The quantitative estimate of drug-likeness (QED) is 0.780. The molecule has 1 amide bonds. The number of nitrogens with one attached hydrogen (secondary N) is 1. The second-order valence-electron chi connectivity index (χ2n) is 5.58. The molecule has 6 heteroatoms. The topological polar surface area (TPSA) is 66.0 Å². The molecular weight excluding hydrogens is 334 g/mol. The van der Waals surface area contributed by atoms with Gasteiger partial charge < -0.3 is 24.3 Å². The van der Waals surface area contributed by atoms with Crippen molar-refractivity contribution in [3.63, 3.8) is 0 Å². The second-order valence-corrected chi connectivity index (χ2v) is 5.58. The number of hydrogen-bond acceptors (Lipinski definition) is 5. The van der Waals surface area contributed by atoms with Gasteiger partial charge in [0.1, 0.15) is 0 Å². The normalized spacial score (nSPS) is 11.4. The number of rotatable bonds is 8. The molecule has 0 aliphatic heterocycles. The molecule has 0 aromatic heterocycles. The largest absolute Gasteiger partial charge is 0.493 e. The van der Waals surface area contributed by atoms with Gasteiger partial charge in [0.15, 0.2) is 23.0 Å². The van der Waals surface area contributed by atoms with Crippen LogP contribution in [0.4, 0.5) is 0 Å². The van der Waals surface area contributed by atoms with Crippen LogP contribution >= 0.6 is 0 Å². The summed E-state index contributed by atoms with van der Waals surface area (Å²) in [6, 6.07) is 10.6. The zero-order valence-corrected chi connectivity index (χ0v) is 15.8. The summed E-state index contributed by atoms with van der Waals surface area (Å²) < 4.78 is 21.5. The lowest BCUT2D eigenvalue weighted by atomic mass is 10.1. The summed E-state index contributed by atoms with van der Waals surface area (Å²) in [5, 5.41) is 2.97. The molecule has 0 radical (unpaired) electrons. The van der Waals surface area contributed by atoms with Crippen LogP contribution in [0.1, 0.15) is 35.8 Å². The third kappa shape index (κ3) is 4.20. The van der Waals surface area contributed by atoms with Gasteiger partial charge >= 0.3 is 0 Å². The maximum Gasteiger partial charge on any atom is 0.255 e. The predicted octanol–water partition coefficient (Wildman–Crippen LogP) is 3.60. The first-order valence-electron chi connectivity index (χ1n) is 8.38. The molecule has 2 aromatic carbocycles. The lowest BCUT2D eigenvalue weighted by Crippen LogP contribution is -2.27. The zero-order valence-electron chi connectivity index (χ0n) is 15.8.